The Bertz CT molecular complexity index is 1610. The van der Waals surface area contributed by atoms with Crippen molar-refractivity contribution in [2.45, 2.75) is 51.4 Å². The maximum Gasteiger partial charge on any atom is 0.328 e. The lowest BCUT2D eigenvalue weighted by Gasteiger charge is -2.33. The van der Waals surface area contributed by atoms with Crippen LogP contribution in [0.5, 0.6) is 0 Å². The van der Waals surface area contributed by atoms with E-state index in [2.05, 4.69) is 37.4 Å². The summed E-state index contributed by atoms with van der Waals surface area (Å²) in [5, 5.41) is 6.79. The number of ether oxygens (including phenoxy) is 1. The average molecular weight is 558 g/mol. The van der Waals surface area contributed by atoms with Crippen molar-refractivity contribution in [3.8, 4) is 5.69 Å². The van der Waals surface area contributed by atoms with E-state index >= 15 is 4.39 Å². The Morgan fingerprint density at radius 2 is 1.88 bits per heavy atom. The minimum atomic E-state index is -0.705. The number of carbonyl (C=O) groups is 2. The summed E-state index contributed by atoms with van der Waals surface area (Å²) in [5.41, 5.74) is 2.37. The number of epoxide rings is 1. The van der Waals surface area contributed by atoms with E-state index in [-0.39, 0.29) is 24.7 Å². The molecule has 1 N–H and O–H groups in total. The molecule has 11 heteroatoms. The van der Waals surface area contributed by atoms with Crippen LogP contribution in [0.4, 0.5) is 14.9 Å². The molecule has 2 unspecified atom stereocenters. The highest BCUT2D eigenvalue weighted by atomic mass is 19.1. The van der Waals surface area contributed by atoms with Crippen molar-refractivity contribution in [2.75, 3.05) is 24.5 Å². The van der Waals surface area contributed by atoms with E-state index in [9.17, 15) is 9.59 Å². The van der Waals surface area contributed by atoms with Crippen molar-refractivity contribution in [3.05, 3.63) is 78.3 Å². The number of nitrogens with zero attached hydrogens (tertiary/aromatic N) is 6. The summed E-state index contributed by atoms with van der Waals surface area (Å²) >= 11 is 0. The lowest BCUT2D eigenvalue weighted by atomic mass is 9.80. The minimum Gasteiger partial charge on any atom is -0.356 e. The Morgan fingerprint density at radius 1 is 1.07 bits per heavy atom. The maximum absolute atomic E-state index is 16.1. The Kier molecular flexibility index (Phi) is 6.79. The van der Waals surface area contributed by atoms with Gasteiger partial charge in [-0.15, -0.1) is 0 Å². The number of hydrogen-bond acceptors (Lipinski definition) is 7. The van der Waals surface area contributed by atoms with Gasteiger partial charge >= 0.3 is 6.03 Å². The molecule has 2 atom stereocenters. The molecule has 2 aromatic carbocycles. The molecule has 5 heterocycles. The van der Waals surface area contributed by atoms with Gasteiger partial charge in [0.25, 0.3) is 0 Å². The standard InChI is InChI=1S/C28H26FN7O3.C2H6/c1-27-15-34(14-18-2-4-19(5-3-18)36-17-30-16-32-36)11-9-28(27,39-27)22-6-7-23-21(25(22)29)12-20(13-31-23)35-10-8-24(37)33-26(35)38;1-2/h2-7,12-13,16-17H,8-11,14-15H2,1H3,(H,33,37,38);1-2H3. The molecule has 3 amide bonds. The van der Waals surface area contributed by atoms with Crippen LogP contribution in [-0.2, 0) is 21.7 Å². The fraction of sp³-hybridized carbons (Fsp3) is 0.367. The zero-order chi connectivity index (χ0) is 28.8. The predicted octanol–water partition coefficient (Wildman–Crippen LogP) is 4.32. The molecule has 3 saturated heterocycles. The minimum absolute atomic E-state index is 0.185. The number of aromatic nitrogens is 4. The largest absolute Gasteiger partial charge is 0.356 e. The van der Waals surface area contributed by atoms with Crippen LogP contribution < -0.4 is 10.2 Å². The number of imide groups is 1. The van der Waals surface area contributed by atoms with Crippen molar-refractivity contribution in [3.63, 3.8) is 0 Å². The van der Waals surface area contributed by atoms with Crippen LogP contribution in [0.1, 0.15) is 44.7 Å². The van der Waals surface area contributed by atoms with Crippen LogP contribution >= 0.6 is 0 Å². The number of urea groups is 1. The first kappa shape index (κ1) is 27.0. The van der Waals surface area contributed by atoms with Gasteiger partial charge < -0.3 is 4.74 Å². The van der Waals surface area contributed by atoms with Gasteiger partial charge in [-0.3, -0.25) is 24.9 Å². The molecule has 0 saturated carbocycles. The van der Waals surface area contributed by atoms with E-state index in [1.54, 1.807) is 29.2 Å². The number of benzene rings is 2. The van der Waals surface area contributed by atoms with Gasteiger partial charge in [0.2, 0.25) is 5.91 Å². The van der Waals surface area contributed by atoms with Crippen LogP contribution in [0.3, 0.4) is 0 Å². The molecule has 0 bridgehead atoms. The van der Waals surface area contributed by atoms with Crippen molar-refractivity contribution in [1.82, 2.24) is 30.0 Å². The monoisotopic (exact) mass is 557 g/mol. The third-order valence-electron chi connectivity index (χ3n) is 8.13. The van der Waals surface area contributed by atoms with Crippen molar-refractivity contribution < 1.29 is 18.7 Å². The number of nitrogens with one attached hydrogen (secondary N) is 1. The summed E-state index contributed by atoms with van der Waals surface area (Å²) in [5.74, 6) is -0.700. The molecule has 0 aliphatic carbocycles. The molecule has 41 heavy (non-hydrogen) atoms. The van der Waals surface area contributed by atoms with E-state index < -0.39 is 17.2 Å². The fourth-order valence-corrected chi connectivity index (χ4v) is 6.04. The zero-order valence-corrected chi connectivity index (χ0v) is 23.3. The third kappa shape index (κ3) is 4.64. The van der Waals surface area contributed by atoms with E-state index in [0.717, 1.165) is 18.8 Å². The molecule has 212 valence electrons. The van der Waals surface area contributed by atoms with E-state index in [0.29, 0.717) is 35.1 Å². The van der Waals surface area contributed by atoms with Gasteiger partial charge in [0.05, 0.1) is 23.1 Å². The highest BCUT2D eigenvalue weighted by molar-refractivity contribution is 6.06. The number of hydrogen-bond donors (Lipinski definition) is 1. The topological polar surface area (TPSA) is 109 Å². The van der Waals surface area contributed by atoms with Gasteiger partial charge in [-0.05, 0) is 43.2 Å². The highest BCUT2D eigenvalue weighted by Crippen LogP contribution is 2.61. The van der Waals surface area contributed by atoms with Crippen LogP contribution in [0.15, 0.2) is 61.3 Å². The second kappa shape index (κ2) is 10.3. The van der Waals surface area contributed by atoms with E-state index in [1.807, 2.05) is 32.9 Å². The SMILES string of the molecule is CC.CC12CN(Cc3ccc(-n4cncn4)cc3)CCC1(c1ccc3ncc(N4CCC(=O)NC4=O)cc3c1F)O2. The first-order valence-corrected chi connectivity index (χ1v) is 13.9. The van der Waals surface area contributed by atoms with Crippen LogP contribution in [0.25, 0.3) is 16.6 Å². The number of halogens is 1. The second-order valence-corrected chi connectivity index (χ2v) is 10.6. The first-order chi connectivity index (χ1) is 19.8. The normalized spacial score (nSPS) is 24.0. The van der Waals surface area contributed by atoms with Gasteiger partial charge in [-0.1, -0.05) is 32.0 Å². The summed E-state index contributed by atoms with van der Waals surface area (Å²) in [6.07, 6.45) is 5.55. The summed E-state index contributed by atoms with van der Waals surface area (Å²) in [4.78, 5) is 36.0. The highest BCUT2D eigenvalue weighted by Gasteiger charge is 2.70. The molecule has 3 aliphatic heterocycles. The molecular formula is C30H32FN7O3. The lowest BCUT2D eigenvalue weighted by molar-refractivity contribution is -0.120. The Morgan fingerprint density at radius 3 is 2.59 bits per heavy atom. The Hall–Kier alpha value is -4.22. The van der Waals surface area contributed by atoms with Gasteiger partial charge in [0.1, 0.15) is 29.7 Å². The molecule has 0 spiro atoms. The quantitative estimate of drug-likeness (QED) is 0.364. The molecule has 0 radical (unpaired) electrons. The fourth-order valence-electron chi connectivity index (χ4n) is 6.04. The zero-order valence-electron chi connectivity index (χ0n) is 23.3. The summed E-state index contributed by atoms with van der Waals surface area (Å²) in [6.45, 7) is 8.47. The molecule has 3 aliphatic rings. The van der Waals surface area contributed by atoms with Gasteiger partial charge in [-0.2, -0.15) is 5.10 Å². The third-order valence-corrected chi connectivity index (χ3v) is 8.13. The number of likely N-dealkylation sites (tertiary alicyclic amines) is 1. The van der Waals surface area contributed by atoms with Crippen LogP contribution in [-0.4, -0.2) is 61.8 Å². The molecule has 7 rings (SSSR count). The predicted molar refractivity (Wildman–Crippen MR) is 151 cm³/mol. The first-order valence-electron chi connectivity index (χ1n) is 13.9. The van der Waals surface area contributed by atoms with Crippen LogP contribution in [0, 0.1) is 5.82 Å². The number of piperidine rings is 1. The summed E-state index contributed by atoms with van der Waals surface area (Å²) in [6, 6.07) is 12.9. The smallest absolute Gasteiger partial charge is 0.328 e. The summed E-state index contributed by atoms with van der Waals surface area (Å²) < 4.78 is 24.1. The molecular weight excluding hydrogens is 525 g/mol. The molecule has 4 aromatic rings. The second-order valence-electron chi connectivity index (χ2n) is 10.6. The van der Waals surface area contributed by atoms with Crippen molar-refractivity contribution >= 4 is 28.5 Å². The Labute approximate surface area is 237 Å². The maximum atomic E-state index is 16.1. The van der Waals surface area contributed by atoms with Gasteiger partial charge in [0, 0.05) is 43.5 Å². The lowest BCUT2D eigenvalue weighted by Crippen LogP contribution is -2.49. The van der Waals surface area contributed by atoms with Crippen molar-refractivity contribution in [2.24, 2.45) is 0 Å². The average Bonchev–Trinajstić information content (AvgIpc) is 3.28. The van der Waals surface area contributed by atoms with E-state index in [1.165, 1.54) is 23.0 Å². The molecule has 10 nitrogen and oxygen atoms in total. The number of anilines is 1. The number of rotatable bonds is 5. The number of pyridine rings is 1. The number of amides is 3. The van der Waals surface area contributed by atoms with Gasteiger partial charge in [0.15, 0.2) is 0 Å². The number of carbonyl (C=O) groups excluding carboxylic acids is 2. The van der Waals surface area contributed by atoms with Gasteiger partial charge in [-0.25, -0.2) is 18.9 Å². The molecule has 2 aromatic heterocycles. The number of fused-ring (bicyclic) bond motifs is 2. The summed E-state index contributed by atoms with van der Waals surface area (Å²) in [7, 11) is 0. The van der Waals surface area contributed by atoms with Crippen LogP contribution in [0.2, 0.25) is 0 Å². The van der Waals surface area contributed by atoms with Crippen molar-refractivity contribution in [1.29, 1.82) is 0 Å². The van der Waals surface area contributed by atoms with E-state index in [4.69, 9.17) is 4.74 Å². The molecule has 3 fully saturated rings. The Balaban J connectivity index is 0.00000148.